The lowest BCUT2D eigenvalue weighted by Crippen LogP contribution is -2.35. The normalized spacial score (nSPS) is 15.1. The fraction of sp³-hybridized carbons (Fsp3) is 0.381. The van der Waals surface area contributed by atoms with Crippen LogP contribution in [-0.2, 0) is 27.8 Å². The predicted molar refractivity (Wildman–Crippen MR) is 111 cm³/mol. The summed E-state index contributed by atoms with van der Waals surface area (Å²) in [6.07, 6.45) is 4.82. The molecule has 4 rings (SSSR count). The molecule has 1 fully saturated rings. The van der Waals surface area contributed by atoms with E-state index in [4.69, 9.17) is 8.94 Å². The molecule has 1 amide bonds. The van der Waals surface area contributed by atoms with E-state index in [9.17, 15) is 13.2 Å². The molecule has 0 aliphatic carbocycles. The molecule has 10 heteroatoms. The Balaban J connectivity index is 1.30. The molecule has 1 N–H and O–H groups in total. The summed E-state index contributed by atoms with van der Waals surface area (Å²) in [4.78, 5) is 16.7. The van der Waals surface area contributed by atoms with E-state index >= 15 is 0 Å². The van der Waals surface area contributed by atoms with Crippen LogP contribution in [0.25, 0.3) is 11.6 Å². The molecule has 3 aromatic rings. The Morgan fingerprint density at radius 1 is 1.13 bits per heavy atom. The van der Waals surface area contributed by atoms with Gasteiger partial charge in [-0.05, 0) is 42.7 Å². The lowest BCUT2D eigenvalue weighted by molar-refractivity contribution is -0.121. The van der Waals surface area contributed by atoms with E-state index in [0.717, 1.165) is 24.8 Å². The van der Waals surface area contributed by atoms with E-state index in [0.29, 0.717) is 37.0 Å². The minimum Gasteiger partial charge on any atom is -0.461 e. The largest absolute Gasteiger partial charge is 0.461 e. The average Bonchev–Trinajstić information content (AvgIpc) is 3.49. The van der Waals surface area contributed by atoms with Gasteiger partial charge in [-0.1, -0.05) is 23.7 Å². The Bertz CT molecular complexity index is 1120. The van der Waals surface area contributed by atoms with E-state index in [1.807, 2.05) is 0 Å². The number of hydrogen-bond acceptors (Lipinski definition) is 7. The molecule has 1 saturated heterocycles. The third kappa shape index (κ3) is 5.20. The highest BCUT2D eigenvalue weighted by Crippen LogP contribution is 2.21. The SMILES string of the molecule is O=C(CCc1nc(-c2ccco2)no1)NCc1cccc(S(=O)(=O)N2CCCCC2)c1. The molecule has 1 aliphatic rings. The summed E-state index contributed by atoms with van der Waals surface area (Å²) < 4.78 is 37.6. The molecule has 9 nitrogen and oxygen atoms in total. The molecule has 0 spiro atoms. The molecule has 2 aromatic heterocycles. The zero-order valence-corrected chi connectivity index (χ0v) is 17.8. The first kappa shape index (κ1) is 21.3. The number of nitrogens with one attached hydrogen (secondary N) is 1. The van der Waals surface area contributed by atoms with E-state index in [1.54, 1.807) is 36.4 Å². The number of nitrogens with zero attached hydrogens (tertiary/aromatic N) is 3. The molecule has 1 aliphatic heterocycles. The monoisotopic (exact) mass is 444 g/mol. The van der Waals surface area contributed by atoms with Crippen molar-refractivity contribution in [2.75, 3.05) is 13.1 Å². The summed E-state index contributed by atoms with van der Waals surface area (Å²) in [6, 6.07) is 10.2. The molecular formula is C21H24N4O5S. The Morgan fingerprint density at radius 2 is 1.97 bits per heavy atom. The Kier molecular flexibility index (Phi) is 6.47. The van der Waals surface area contributed by atoms with Crippen molar-refractivity contribution in [3.8, 4) is 11.6 Å². The minimum absolute atomic E-state index is 0.172. The maximum absolute atomic E-state index is 12.8. The van der Waals surface area contributed by atoms with Crippen molar-refractivity contribution in [2.24, 2.45) is 0 Å². The number of benzene rings is 1. The summed E-state index contributed by atoms with van der Waals surface area (Å²) in [6.45, 7) is 1.35. The predicted octanol–water partition coefficient (Wildman–Crippen LogP) is 2.75. The minimum atomic E-state index is -3.50. The van der Waals surface area contributed by atoms with Crippen LogP contribution < -0.4 is 5.32 Å². The van der Waals surface area contributed by atoms with E-state index in [-0.39, 0.29) is 23.8 Å². The fourth-order valence-electron chi connectivity index (χ4n) is 3.44. The first-order valence-corrected chi connectivity index (χ1v) is 11.7. The van der Waals surface area contributed by atoms with E-state index in [1.165, 1.54) is 10.6 Å². The van der Waals surface area contributed by atoms with Crippen LogP contribution in [0, 0.1) is 0 Å². The van der Waals surface area contributed by atoms with Gasteiger partial charge in [-0.25, -0.2) is 8.42 Å². The quantitative estimate of drug-likeness (QED) is 0.567. The number of rotatable bonds is 8. The lowest BCUT2D eigenvalue weighted by atomic mass is 10.2. The third-order valence-corrected chi connectivity index (χ3v) is 7.01. The Hall–Kier alpha value is -2.98. The molecule has 0 radical (unpaired) electrons. The topological polar surface area (TPSA) is 119 Å². The second-order valence-corrected chi connectivity index (χ2v) is 9.32. The van der Waals surface area contributed by atoms with Crippen LogP contribution in [0.2, 0.25) is 0 Å². The van der Waals surface area contributed by atoms with Crippen molar-refractivity contribution < 1.29 is 22.2 Å². The smallest absolute Gasteiger partial charge is 0.243 e. The number of carbonyl (C=O) groups is 1. The van der Waals surface area contributed by atoms with Crippen LogP contribution >= 0.6 is 0 Å². The molecular weight excluding hydrogens is 420 g/mol. The Labute approximate surface area is 180 Å². The molecule has 3 heterocycles. The first-order valence-electron chi connectivity index (χ1n) is 10.2. The van der Waals surface area contributed by atoms with Gasteiger partial charge >= 0.3 is 0 Å². The molecule has 0 unspecified atom stereocenters. The number of aryl methyl sites for hydroxylation is 1. The highest BCUT2D eigenvalue weighted by molar-refractivity contribution is 7.89. The number of hydrogen-bond donors (Lipinski definition) is 1. The van der Waals surface area contributed by atoms with Crippen LogP contribution in [0.4, 0.5) is 0 Å². The highest BCUT2D eigenvalue weighted by Gasteiger charge is 2.26. The van der Waals surface area contributed by atoms with Crippen molar-refractivity contribution >= 4 is 15.9 Å². The van der Waals surface area contributed by atoms with Crippen LogP contribution in [-0.4, -0.2) is 41.9 Å². The summed E-state index contributed by atoms with van der Waals surface area (Å²) in [7, 11) is -3.50. The van der Waals surface area contributed by atoms with Gasteiger partial charge in [-0.3, -0.25) is 4.79 Å². The van der Waals surface area contributed by atoms with E-state index in [2.05, 4.69) is 15.5 Å². The standard InChI is InChI=1S/C21H24N4O5S/c26-19(9-10-20-23-21(24-30-20)18-8-5-13-29-18)22-15-16-6-4-7-17(14-16)31(27,28)25-11-2-1-3-12-25/h4-8,13-14H,1-3,9-12,15H2,(H,22,26). The molecule has 31 heavy (non-hydrogen) atoms. The van der Waals surface area contributed by atoms with Crippen LogP contribution in [0.15, 0.2) is 56.5 Å². The number of sulfonamides is 1. The fourth-order valence-corrected chi connectivity index (χ4v) is 5.03. The second kappa shape index (κ2) is 9.44. The van der Waals surface area contributed by atoms with Crippen LogP contribution in [0.1, 0.15) is 37.1 Å². The van der Waals surface area contributed by atoms with Crippen molar-refractivity contribution in [1.29, 1.82) is 0 Å². The molecule has 0 bridgehead atoms. The van der Waals surface area contributed by atoms with Crippen molar-refractivity contribution in [1.82, 2.24) is 19.8 Å². The summed E-state index contributed by atoms with van der Waals surface area (Å²) >= 11 is 0. The van der Waals surface area contributed by atoms with Gasteiger partial charge in [0.1, 0.15) is 0 Å². The molecule has 0 saturated carbocycles. The van der Waals surface area contributed by atoms with Gasteiger partial charge in [0.25, 0.3) is 0 Å². The number of amides is 1. The third-order valence-electron chi connectivity index (χ3n) is 5.12. The van der Waals surface area contributed by atoms with Gasteiger partial charge in [0.05, 0.1) is 11.2 Å². The highest BCUT2D eigenvalue weighted by atomic mass is 32.2. The van der Waals surface area contributed by atoms with Gasteiger partial charge in [0.2, 0.25) is 27.6 Å². The number of carbonyl (C=O) groups excluding carboxylic acids is 1. The van der Waals surface area contributed by atoms with Gasteiger partial charge in [0.15, 0.2) is 5.76 Å². The summed E-state index contributed by atoms with van der Waals surface area (Å²) in [5.74, 6) is 0.990. The summed E-state index contributed by atoms with van der Waals surface area (Å²) in [5.41, 5.74) is 0.726. The molecule has 1 aromatic carbocycles. The van der Waals surface area contributed by atoms with Gasteiger partial charge < -0.3 is 14.3 Å². The molecule has 164 valence electrons. The van der Waals surface area contributed by atoms with E-state index < -0.39 is 10.0 Å². The average molecular weight is 445 g/mol. The Morgan fingerprint density at radius 3 is 2.74 bits per heavy atom. The van der Waals surface area contributed by atoms with Crippen LogP contribution in [0.3, 0.4) is 0 Å². The van der Waals surface area contributed by atoms with Crippen molar-refractivity contribution in [2.45, 2.75) is 43.5 Å². The zero-order valence-electron chi connectivity index (χ0n) is 17.0. The number of aromatic nitrogens is 2. The van der Waals surface area contributed by atoms with Crippen molar-refractivity contribution in [3.05, 3.63) is 54.1 Å². The van der Waals surface area contributed by atoms with Gasteiger partial charge in [0, 0.05) is 32.5 Å². The zero-order chi connectivity index (χ0) is 21.7. The first-order chi connectivity index (χ1) is 15.0. The maximum Gasteiger partial charge on any atom is 0.243 e. The number of furan rings is 1. The summed E-state index contributed by atoms with van der Waals surface area (Å²) in [5, 5.41) is 6.63. The lowest BCUT2D eigenvalue weighted by Gasteiger charge is -2.26. The molecule has 0 atom stereocenters. The van der Waals surface area contributed by atoms with Gasteiger partial charge in [-0.2, -0.15) is 9.29 Å². The van der Waals surface area contributed by atoms with Gasteiger partial charge in [-0.15, -0.1) is 0 Å². The maximum atomic E-state index is 12.8. The van der Waals surface area contributed by atoms with Crippen molar-refractivity contribution in [3.63, 3.8) is 0 Å². The number of piperidine rings is 1. The van der Waals surface area contributed by atoms with Crippen LogP contribution in [0.5, 0.6) is 0 Å². The second-order valence-electron chi connectivity index (χ2n) is 7.38.